The third kappa shape index (κ3) is 2.68. The quantitative estimate of drug-likeness (QED) is 0.204. The van der Waals surface area contributed by atoms with Gasteiger partial charge in [-0.25, -0.2) is 9.97 Å². The van der Waals surface area contributed by atoms with Gasteiger partial charge in [0.05, 0.1) is 27.6 Å². The summed E-state index contributed by atoms with van der Waals surface area (Å²) in [5, 5.41) is 4.65. The van der Waals surface area contributed by atoms with Crippen LogP contribution in [0.15, 0.2) is 116 Å². The molecule has 5 heteroatoms. The van der Waals surface area contributed by atoms with Gasteiger partial charge in [-0.2, -0.15) is 0 Å². The molecule has 1 aliphatic carbocycles. The van der Waals surface area contributed by atoms with E-state index in [1.54, 1.807) is 0 Å². The number of fused-ring (bicyclic) bond motifs is 15. The Morgan fingerprint density at radius 1 is 0.561 bits per heavy atom. The average molecular weight is 524 g/mol. The van der Waals surface area contributed by atoms with Crippen LogP contribution in [0.3, 0.4) is 0 Å². The topological polar surface area (TPSA) is 48.0 Å². The molecule has 0 atom stereocenters. The Morgan fingerprint density at radius 3 is 2.32 bits per heavy atom. The minimum Gasteiger partial charge on any atom is -0.309 e. The van der Waals surface area contributed by atoms with E-state index in [1.807, 2.05) is 24.5 Å². The van der Waals surface area contributed by atoms with Crippen molar-refractivity contribution in [2.75, 3.05) is 0 Å². The third-order valence-corrected chi connectivity index (χ3v) is 8.80. The highest BCUT2D eigenvalue weighted by molar-refractivity contribution is 6.29. The van der Waals surface area contributed by atoms with Crippen molar-refractivity contribution in [3.8, 4) is 16.8 Å². The van der Waals surface area contributed by atoms with Gasteiger partial charge >= 0.3 is 0 Å². The minimum atomic E-state index is 0.741. The third-order valence-electron chi connectivity index (χ3n) is 8.80. The second-order valence-electron chi connectivity index (χ2n) is 10.9. The molecule has 0 bridgehead atoms. The van der Waals surface area contributed by atoms with Crippen LogP contribution in [0.2, 0.25) is 0 Å². The van der Waals surface area contributed by atoms with Gasteiger partial charge < -0.3 is 4.57 Å². The van der Waals surface area contributed by atoms with E-state index in [2.05, 4.69) is 105 Å². The second kappa shape index (κ2) is 7.55. The van der Waals surface area contributed by atoms with E-state index in [4.69, 9.17) is 9.97 Å². The molecule has 5 heterocycles. The highest BCUT2D eigenvalue weighted by Gasteiger charge is 2.25. The monoisotopic (exact) mass is 523 g/mol. The first-order chi connectivity index (χ1) is 20.3. The molecule has 0 saturated heterocycles. The van der Waals surface area contributed by atoms with Crippen molar-refractivity contribution in [2.24, 2.45) is 0 Å². The Bertz CT molecular complexity index is 2550. The number of hydrogen-bond acceptors (Lipinski definition) is 3. The Hall–Kier alpha value is -5.55. The average Bonchev–Trinajstić information content (AvgIpc) is 3.69. The summed E-state index contributed by atoms with van der Waals surface area (Å²) in [7, 11) is 0. The molecule has 0 aliphatic heterocycles. The zero-order chi connectivity index (χ0) is 26.7. The van der Waals surface area contributed by atoms with Gasteiger partial charge in [0.1, 0.15) is 5.65 Å². The van der Waals surface area contributed by atoms with Gasteiger partial charge in [-0.3, -0.25) is 9.38 Å². The number of benzene rings is 4. The number of pyridine rings is 3. The van der Waals surface area contributed by atoms with E-state index >= 15 is 0 Å². The fourth-order valence-electron chi connectivity index (χ4n) is 7.13. The van der Waals surface area contributed by atoms with Crippen molar-refractivity contribution in [3.05, 3.63) is 127 Å². The van der Waals surface area contributed by atoms with Gasteiger partial charge in [0.15, 0.2) is 5.65 Å². The van der Waals surface area contributed by atoms with E-state index in [0.717, 1.165) is 56.2 Å². The summed E-state index contributed by atoms with van der Waals surface area (Å²) < 4.78 is 4.65. The van der Waals surface area contributed by atoms with Gasteiger partial charge in [0.25, 0.3) is 0 Å². The van der Waals surface area contributed by atoms with Crippen molar-refractivity contribution in [1.82, 2.24) is 23.9 Å². The molecule has 190 valence electrons. The van der Waals surface area contributed by atoms with E-state index in [0.29, 0.717) is 0 Å². The van der Waals surface area contributed by atoms with Gasteiger partial charge in [0, 0.05) is 39.6 Å². The Labute approximate surface area is 234 Å². The van der Waals surface area contributed by atoms with Crippen LogP contribution in [0.25, 0.3) is 77.2 Å². The lowest BCUT2D eigenvalue weighted by Gasteiger charge is -2.11. The number of para-hydroxylation sites is 1. The van der Waals surface area contributed by atoms with Crippen molar-refractivity contribution in [2.45, 2.75) is 6.42 Å². The standard InChI is InChI=1S/C36H21N5/c1-2-9-23(10-3-1)40-28-15-14-25-33(32(28)27-19-22-18-21-8-4-5-11-24(21)26(22)20-31(27)40)36-39-35-30(13-7-17-38-35)41(36)29-12-6-16-37-34(25)29/h1-17,19-20H,18H2. The van der Waals surface area contributed by atoms with Crippen LogP contribution in [0.1, 0.15) is 11.1 Å². The molecule has 0 N–H and O–H groups in total. The molecule has 0 radical (unpaired) electrons. The summed E-state index contributed by atoms with van der Waals surface area (Å²) in [5.74, 6) is 0. The van der Waals surface area contributed by atoms with Crippen LogP contribution < -0.4 is 0 Å². The maximum atomic E-state index is 5.15. The lowest BCUT2D eigenvalue weighted by Crippen LogP contribution is -1.95. The minimum absolute atomic E-state index is 0.741. The van der Waals surface area contributed by atoms with Crippen molar-refractivity contribution >= 4 is 60.4 Å². The van der Waals surface area contributed by atoms with E-state index < -0.39 is 0 Å². The first-order valence-electron chi connectivity index (χ1n) is 13.9. The molecule has 10 rings (SSSR count). The van der Waals surface area contributed by atoms with Crippen molar-refractivity contribution < 1.29 is 0 Å². The van der Waals surface area contributed by atoms with Crippen LogP contribution in [0, 0.1) is 0 Å². The predicted molar refractivity (Wildman–Crippen MR) is 166 cm³/mol. The maximum Gasteiger partial charge on any atom is 0.178 e. The predicted octanol–water partition coefficient (Wildman–Crippen LogP) is 8.25. The Balaban J connectivity index is 1.48. The molecule has 0 fully saturated rings. The Morgan fingerprint density at radius 2 is 1.39 bits per heavy atom. The van der Waals surface area contributed by atoms with Gasteiger partial charge in [-0.15, -0.1) is 0 Å². The van der Waals surface area contributed by atoms with Crippen LogP contribution in [-0.4, -0.2) is 23.9 Å². The second-order valence-corrected chi connectivity index (χ2v) is 10.9. The number of imidazole rings is 1. The largest absolute Gasteiger partial charge is 0.309 e. The number of rotatable bonds is 1. The summed E-state index contributed by atoms with van der Waals surface area (Å²) in [6, 6.07) is 37.0. The smallest absolute Gasteiger partial charge is 0.178 e. The molecule has 0 spiro atoms. The number of hydrogen-bond donors (Lipinski definition) is 0. The lowest BCUT2D eigenvalue weighted by atomic mass is 10.00. The first-order valence-corrected chi connectivity index (χ1v) is 13.9. The van der Waals surface area contributed by atoms with Crippen molar-refractivity contribution in [1.29, 1.82) is 0 Å². The van der Waals surface area contributed by atoms with Crippen LogP contribution in [0.5, 0.6) is 0 Å². The highest BCUT2D eigenvalue weighted by atomic mass is 15.1. The van der Waals surface area contributed by atoms with Gasteiger partial charge in [0.2, 0.25) is 0 Å². The molecule has 5 aromatic heterocycles. The molecular formula is C36H21N5. The summed E-state index contributed by atoms with van der Waals surface area (Å²) >= 11 is 0. The molecule has 9 aromatic rings. The summed E-state index contributed by atoms with van der Waals surface area (Å²) in [5.41, 5.74) is 13.6. The van der Waals surface area contributed by atoms with E-state index in [9.17, 15) is 0 Å². The normalized spacial score (nSPS) is 12.8. The molecule has 5 nitrogen and oxygen atoms in total. The van der Waals surface area contributed by atoms with Crippen LogP contribution in [-0.2, 0) is 6.42 Å². The SMILES string of the molecule is c1ccc(-n2c3cc4c(cc3c3c5c(ccc32)c2ncccc2n2c3cccnc3nc52)Cc2ccccc2-4)cc1. The first kappa shape index (κ1) is 21.3. The number of nitrogens with zero attached hydrogens (tertiary/aromatic N) is 5. The van der Waals surface area contributed by atoms with Gasteiger partial charge in [-0.1, -0.05) is 42.5 Å². The molecule has 0 unspecified atom stereocenters. The molecule has 0 amide bonds. The summed E-state index contributed by atoms with van der Waals surface area (Å²) in [6.45, 7) is 0. The van der Waals surface area contributed by atoms with Crippen LogP contribution in [0.4, 0.5) is 0 Å². The molecular weight excluding hydrogens is 502 g/mol. The zero-order valence-corrected chi connectivity index (χ0v) is 21.9. The molecule has 4 aromatic carbocycles. The van der Waals surface area contributed by atoms with Gasteiger partial charge in [-0.05, 0) is 89.3 Å². The molecule has 0 saturated carbocycles. The summed E-state index contributed by atoms with van der Waals surface area (Å²) in [6.07, 6.45) is 4.64. The zero-order valence-electron chi connectivity index (χ0n) is 21.9. The van der Waals surface area contributed by atoms with E-state index in [-0.39, 0.29) is 0 Å². The number of aromatic nitrogens is 5. The van der Waals surface area contributed by atoms with Crippen LogP contribution >= 0.6 is 0 Å². The van der Waals surface area contributed by atoms with E-state index in [1.165, 1.54) is 38.5 Å². The summed E-state index contributed by atoms with van der Waals surface area (Å²) in [4.78, 5) is 14.7. The fraction of sp³-hybridized carbons (Fsp3) is 0.0278. The lowest BCUT2D eigenvalue weighted by molar-refractivity contribution is 1.18. The maximum absolute atomic E-state index is 5.15. The highest BCUT2D eigenvalue weighted by Crippen LogP contribution is 2.45. The molecule has 1 aliphatic rings. The Kier molecular flexibility index (Phi) is 3.92. The van der Waals surface area contributed by atoms with Crippen molar-refractivity contribution in [3.63, 3.8) is 0 Å². The fourth-order valence-corrected chi connectivity index (χ4v) is 7.13. The molecule has 41 heavy (non-hydrogen) atoms.